The van der Waals surface area contributed by atoms with Gasteiger partial charge in [0.1, 0.15) is 5.69 Å². The summed E-state index contributed by atoms with van der Waals surface area (Å²) in [6.07, 6.45) is 12.3. The molecule has 0 aromatic heterocycles. The van der Waals surface area contributed by atoms with Crippen molar-refractivity contribution in [1.82, 2.24) is 0 Å². The summed E-state index contributed by atoms with van der Waals surface area (Å²) in [5.41, 5.74) is 13.9. The van der Waals surface area contributed by atoms with E-state index < -0.39 is 10.1 Å². The highest BCUT2D eigenvalue weighted by Crippen LogP contribution is 2.26. The minimum Gasteiger partial charge on any atom is -0.399 e. The van der Waals surface area contributed by atoms with Crippen molar-refractivity contribution in [3.05, 3.63) is 78.9 Å². The Hall–Kier alpha value is -3.23. The van der Waals surface area contributed by atoms with Crippen molar-refractivity contribution in [2.24, 2.45) is 10.2 Å². The maximum Gasteiger partial charge on any atom is 0.296 e. The molecule has 0 bridgehead atoms. The third-order valence-electron chi connectivity index (χ3n) is 5.85. The number of unbranched alkanes of at least 4 members (excludes halogenated alkanes) is 9. The molecule has 0 aliphatic rings. The van der Waals surface area contributed by atoms with Crippen molar-refractivity contribution in [2.45, 2.75) is 76.0 Å². The number of rotatable bonds is 15. The fraction of sp³-hybridized carbons (Fsp3) is 0.400. The van der Waals surface area contributed by atoms with Crippen LogP contribution in [0.1, 0.15) is 71.1 Å². The Labute approximate surface area is 228 Å². The fourth-order valence-corrected chi connectivity index (χ4v) is 4.65. The van der Waals surface area contributed by atoms with Gasteiger partial charge in [-0.15, -0.1) is 5.11 Å². The Morgan fingerprint density at radius 1 is 0.684 bits per heavy atom. The topological polar surface area (TPSA) is 120 Å². The molecule has 0 radical (unpaired) electrons. The van der Waals surface area contributed by atoms with Crippen LogP contribution in [0, 0.1) is 0 Å². The minimum absolute atomic E-state index is 0.238. The molecule has 4 N–H and O–H groups in total. The smallest absolute Gasteiger partial charge is 0.296 e. The van der Waals surface area contributed by atoms with E-state index >= 15 is 0 Å². The number of nitrogen functional groups attached to an aromatic ring is 2. The first kappa shape index (κ1) is 31.0. The summed E-state index contributed by atoms with van der Waals surface area (Å²) in [4.78, 5) is 0.238. The molecular weight excluding hydrogens is 496 g/mol. The van der Waals surface area contributed by atoms with Crippen molar-refractivity contribution in [3.63, 3.8) is 0 Å². The highest BCUT2D eigenvalue weighted by atomic mass is 32.2. The molecule has 0 aliphatic carbocycles. The van der Waals surface area contributed by atoms with Crippen molar-refractivity contribution >= 4 is 32.9 Å². The highest BCUT2D eigenvalue weighted by molar-refractivity contribution is 7.86. The molecule has 0 unspecified atom stereocenters. The lowest BCUT2D eigenvalue weighted by atomic mass is 10.1. The van der Waals surface area contributed by atoms with Gasteiger partial charge in [0.15, 0.2) is 0 Å². The summed E-state index contributed by atoms with van der Waals surface area (Å²) in [6, 6.07) is 23.0. The second-order valence-electron chi connectivity index (χ2n) is 9.12. The van der Waals surface area contributed by atoms with Gasteiger partial charge in [-0.25, -0.2) is 0 Å². The first-order valence-electron chi connectivity index (χ1n) is 13.5. The lowest BCUT2D eigenvalue weighted by Crippen LogP contribution is -2.07. The molecule has 206 valence electrons. The molecule has 0 spiro atoms. The molecule has 3 rings (SSSR count). The van der Waals surface area contributed by atoms with Gasteiger partial charge in [0, 0.05) is 5.69 Å². The number of nitrogens with zero attached hydrogens (tertiary/aromatic N) is 2. The van der Waals surface area contributed by atoms with Crippen LogP contribution in [0.15, 0.2) is 94.0 Å². The fourth-order valence-electron chi connectivity index (χ4n) is 3.68. The predicted molar refractivity (Wildman–Crippen MR) is 157 cm³/mol. The van der Waals surface area contributed by atoms with E-state index in [2.05, 4.69) is 17.2 Å². The quantitative estimate of drug-likeness (QED) is 0.0868. The van der Waals surface area contributed by atoms with Crippen LogP contribution in [0.5, 0.6) is 0 Å². The Morgan fingerprint density at radius 3 is 1.82 bits per heavy atom. The van der Waals surface area contributed by atoms with Crippen LogP contribution in [0.4, 0.5) is 22.7 Å². The molecule has 3 aromatic rings. The average molecular weight is 539 g/mol. The summed E-state index contributed by atoms with van der Waals surface area (Å²) in [6.45, 7) is 2.52. The summed E-state index contributed by atoms with van der Waals surface area (Å²) in [7, 11) is -3.57. The molecule has 0 saturated heterocycles. The van der Waals surface area contributed by atoms with E-state index in [1.165, 1.54) is 51.4 Å². The van der Waals surface area contributed by atoms with Crippen LogP contribution in [-0.4, -0.2) is 15.0 Å². The summed E-state index contributed by atoms with van der Waals surface area (Å²) in [5.74, 6) is 0. The number of hydrogen-bond donors (Lipinski definition) is 2. The third-order valence-corrected chi connectivity index (χ3v) is 7.18. The van der Waals surface area contributed by atoms with Gasteiger partial charge in [-0.2, -0.15) is 13.5 Å². The van der Waals surface area contributed by atoms with E-state index in [4.69, 9.17) is 15.7 Å². The monoisotopic (exact) mass is 538 g/mol. The maximum atomic E-state index is 11.9. The third kappa shape index (κ3) is 12.8. The summed E-state index contributed by atoms with van der Waals surface area (Å²) in [5, 5.41) is 8.13. The lowest BCUT2D eigenvalue weighted by Gasteiger charge is -2.05. The van der Waals surface area contributed by atoms with Gasteiger partial charge in [0.25, 0.3) is 10.1 Å². The van der Waals surface area contributed by atoms with Gasteiger partial charge in [-0.05, 0) is 48.9 Å². The molecule has 0 amide bonds. The minimum atomic E-state index is -3.57. The summed E-state index contributed by atoms with van der Waals surface area (Å²) >= 11 is 0. The van der Waals surface area contributed by atoms with Gasteiger partial charge in [-0.1, -0.05) is 101 Å². The Kier molecular flexibility index (Phi) is 14.8. The van der Waals surface area contributed by atoms with Gasteiger partial charge < -0.3 is 11.5 Å². The number of benzene rings is 3. The SMILES string of the molecule is CCCCCCCCCCCCOS(=O)(=O)c1ccccc1.Nc1ccc(N=Nc2ccccc2)c(N)c1. The molecule has 3 aromatic carbocycles. The second-order valence-corrected chi connectivity index (χ2v) is 10.7. The average Bonchev–Trinajstić information content (AvgIpc) is 2.93. The zero-order chi connectivity index (χ0) is 27.5. The largest absolute Gasteiger partial charge is 0.399 e. The molecule has 8 heteroatoms. The first-order valence-corrected chi connectivity index (χ1v) is 14.9. The Bertz CT molecular complexity index is 1170. The molecule has 38 heavy (non-hydrogen) atoms. The zero-order valence-corrected chi connectivity index (χ0v) is 23.3. The van der Waals surface area contributed by atoms with Gasteiger partial charge in [0.2, 0.25) is 0 Å². The molecular formula is C30H42N4O3S. The van der Waals surface area contributed by atoms with Crippen molar-refractivity contribution in [3.8, 4) is 0 Å². The summed E-state index contributed by atoms with van der Waals surface area (Å²) < 4.78 is 28.8. The number of nitrogens with two attached hydrogens (primary N) is 2. The highest BCUT2D eigenvalue weighted by Gasteiger charge is 2.13. The Morgan fingerprint density at radius 2 is 1.24 bits per heavy atom. The van der Waals surface area contributed by atoms with E-state index in [0.29, 0.717) is 17.1 Å². The first-order chi connectivity index (χ1) is 18.4. The molecule has 0 atom stereocenters. The van der Waals surface area contributed by atoms with E-state index in [1.807, 2.05) is 30.3 Å². The maximum absolute atomic E-state index is 11.9. The van der Waals surface area contributed by atoms with Gasteiger partial charge in [-0.3, -0.25) is 4.18 Å². The van der Waals surface area contributed by atoms with Crippen molar-refractivity contribution in [2.75, 3.05) is 18.1 Å². The normalized spacial score (nSPS) is 11.3. The van der Waals surface area contributed by atoms with Crippen LogP contribution >= 0.6 is 0 Å². The Balaban J connectivity index is 0.000000279. The predicted octanol–water partition coefficient (Wildman–Crippen LogP) is 8.58. The molecule has 0 heterocycles. The molecule has 0 aliphatic heterocycles. The standard InChI is InChI=1S/C18H30O3S.C12H12N4/c1-2-3-4-5-6-7-8-9-10-14-17-21-22(19,20)18-15-12-11-13-16-18;13-9-6-7-12(11(14)8-9)16-15-10-4-2-1-3-5-10/h11-13,15-16H,2-10,14,17H2,1H3;1-8H,13-14H2. The number of azo groups is 1. The van der Waals surface area contributed by atoms with E-state index in [-0.39, 0.29) is 11.5 Å². The van der Waals surface area contributed by atoms with Gasteiger partial charge >= 0.3 is 0 Å². The van der Waals surface area contributed by atoms with Crippen molar-refractivity contribution < 1.29 is 12.6 Å². The van der Waals surface area contributed by atoms with E-state index in [9.17, 15) is 8.42 Å². The van der Waals surface area contributed by atoms with Crippen LogP contribution in [-0.2, 0) is 14.3 Å². The van der Waals surface area contributed by atoms with E-state index in [0.717, 1.165) is 18.5 Å². The lowest BCUT2D eigenvalue weighted by molar-refractivity contribution is 0.306. The number of hydrogen-bond acceptors (Lipinski definition) is 7. The second kappa shape index (κ2) is 18.1. The molecule has 0 saturated carbocycles. The molecule has 0 fully saturated rings. The van der Waals surface area contributed by atoms with Gasteiger partial charge in [0.05, 0.1) is 22.9 Å². The number of anilines is 2. The molecule has 7 nitrogen and oxygen atoms in total. The van der Waals surface area contributed by atoms with Crippen molar-refractivity contribution in [1.29, 1.82) is 0 Å². The zero-order valence-electron chi connectivity index (χ0n) is 22.5. The van der Waals surface area contributed by atoms with Crippen LogP contribution in [0.25, 0.3) is 0 Å². The van der Waals surface area contributed by atoms with Crippen LogP contribution < -0.4 is 11.5 Å². The van der Waals surface area contributed by atoms with E-state index in [1.54, 1.807) is 48.5 Å². The van der Waals surface area contributed by atoms with Crippen LogP contribution in [0.3, 0.4) is 0 Å². The van der Waals surface area contributed by atoms with Crippen LogP contribution in [0.2, 0.25) is 0 Å².